The number of nitrogens with one attached hydrogen (secondary N) is 2. The van der Waals surface area contributed by atoms with Crippen LogP contribution in [0.5, 0.6) is 0 Å². The van der Waals surface area contributed by atoms with Crippen LogP contribution in [0.3, 0.4) is 0 Å². The molecule has 7 heteroatoms. The molecule has 2 N–H and O–H groups in total. The first-order valence-electron chi connectivity index (χ1n) is 5.34. The van der Waals surface area contributed by atoms with Gasteiger partial charge in [0.25, 0.3) is 5.91 Å². The van der Waals surface area contributed by atoms with Gasteiger partial charge in [-0.15, -0.1) is 0 Å². The molecule has 1 aromatic rings. The van der Waals surface area contributed by atoms with Gasteiger partial charge < -0.3 is 15.4 Å². The molecule has 0 fully saturated rings. The van der Waals surface area contributed by atoms with Gasteiger partial charge in [0.15, 0.2) is 15.9 Å². The molecule has 0 bridgehead atoms. The third-order valence-corrected chi connectivity index (χ3v) is 3.87. The van der Waals surface area contributed by atoms with Gasteiger partial charge in [0, 0.05) is 13.4 Å². The highest BCUT2D eigenvalue weighted by molar-refractivity contribution is 7.90. The molecule has 1 unspecified atom stereocenters. The maximum Gasteiger partial charge on any atom is 0.255 e. The molecule has 0 saturated heterocycles. The summed E-state index contributed by atoms with van der Waals surface area (Å²) in [7, 11) is -1.97. The lowest BCUT2D eigenvalue weighted by Crippen LogP contribution is -2.33. The lowest BCUT2D eigenvalue weighted by Gasteiger charge is -2.11. The Morgan fingerprint density at radius 1 is 1.39 bits per heavy atom. The number of carbonyl (C=O) groups excluding carboxylic acids is 1. The van der Waals surface area contributed by atoms with Crippen molar-refractivity contribution in [1.29, 1.82) is 0 Å². The van der Waals surface area contributed by atoms with Crippen LogP contribution in [0.1, 0.15) is 0 Å². The Hall–Kier alpha value is -1.60. The van der Waals surface area contributed by atoms with E-state index in [4.69, 9.17) is 4.74 Å². The molecule has 0 spiro atoms. The number of anilines is 2. The van der Waals surface area contributed by atoms with E-state index in [1.807, 2.05) is 0 Å². The molecule has 1 heterocycles. The van der Waals surface area contributed by atoms with Crippen molar-refractivity contribution in [3.8, 4) is 0 Å². The Labute approximate surface area is 105 Å². The van der Waals surface area contributed by atoms with Gasteiger partial charge in [0.1, 0.15) is 0 Å². The van der Waals surface area contributed by atoms with Crippen LogP contribution in [-0.2, 0) is 19.4 Å². The van der Waals surface area contributed by atoms with E-state index in [0.29, 0.717) is 12.2 Å². The summed E-state index contributed by atoms with van der Waals surface area (Å²) in [6.45, 7) is 0.294. The average molecular weight is 270 g/mol. The smallest absolute Gasteiger partial charge is 0.255 e. The topological polar surface area (TPSA) is 84.5 Å². The van der Waals surface area contributed by atoms with Crippen molar-refractivity contribution in [2.75, 3.05) is 30.5 Å². The predicted octanol–water partition coefficient (Wildman–Crippen LogP) is 0.469. The maximum atomic E-state index is 11.8. The summed E-state index contributed by atoms with van der Waals surface area (Å²) in [5.74, 6) is -0.361. The second-order valence-electron chi connectivity index (χ2n) is 4.05. The van der Waals surface area contributed by atoms with E-state index in [2.05, 4.69) is 10.6 Å². The van der Waals surface area contributed by atoms with E-state index >= 15 is 0 Å². The second kappa shape index (κ2) is 4.58. The van der Waals surface area contributed by atoms with Crippen LogP contribution in [-0.4, -0.2) is 40.3 Å². The van der Waals surface area contributed by atoms with Crippen molar-refractivity contribution in [3.05, 3.63) is 18.2 Å². The van der Waals surface area contributed by atoms with Gasteiger partial charge in [0.2, 0.25) is 0 Å². The first kappa shape index (κ1) is 12.8. The molecule has 1 atom stereocenters. The van der Waals surface area contributed by atoms with Crippen LogP contribution in [0, 0.1) is 0 Å². The molecule has 2 rings (SSSR count). The molecule has 1 amide bonds. The summed E-state index contributed by atoms with van der Waals surface area (Å²) in [4.78, 5) is 11.9. The minimum atomic E-state index is -3.40. The van der Waals surface area contributed by atoms with E-state index in [9.17, 15) is 13.2 Å². The van der Waals surface area contributed by atoms with Crippen molar-refractivity contribution in [3.63, 3.8) is 0 Å². The zero-order chi connectivity index (χ0) is 13.3. The fraction of sp³-hybridized carbons (Fsp3) is 0.364. The molecule has 0 aromatic heterocycles. The third kappa shape index (κ3) is 2.32. The van der Waals surface area contributed by atoms with E-state index in [-0.39, 0.29) is 16.5 Å². The first-order chi connectivity index (χ1) is 8.43. The minimum absolute atomic E-state index is 0.0950. The molecule has 1 aliphatic rings. The Kier molecular flexibility index (Phi) is 3.27. The highest BCUT2D eigenvalue weighted by atomic mass is 32.2. The van der Waals surface area contributed by atoms with Crippen molar-refractivity contribution in [2.24, 2.45) is 0 Å². The number of amides is 1. The summed E-state index contributed by atoms with van der Waals surface area (Å²) in [5, 5.41) is 5.59. The molecule has 6 nitrogen and oxygen atoms in total. The van der Waals surface area contributed by atoms with Crippen LogP contribution in [0.2, 0.25) is 0 Å². The number of benzene rings is 1. The van der Waals surface area contributed by atoms with Crippen LogP contribution in [0.4, 0.5) is 11.4 Å². The van der Waals surface area contributed by atoms with E-state index < -0.39 is 15.9 Å². The number of ether oxygens (including phenoxy) is 1. The van der Waals surface area contributed by atoms with Crippen LogP contribution >= 0.6 is 0 Å². The minimum Gasteiger partial charge on any atom is -0.380 e. The summed E-state index contributed by atoms with van der Waals surface area (Å²) in [6, 6.07) is 4.80. The van der Waals surface area contributed by atoms with E-state index in [1.165, 1.54) is 13.2 Å². The summed E-state index contributed by atoms with van der Waals surface area (Å²) in [6.07, 6.45) is 0.456. The quantitative estimate of drug-likeness (QED) is 0.816. The lowest BCUT2D eigenvalue weighted by atomic mass is 10.2. The largest absolute Gasteiger partial charge is 0.380 e. The molecule has 98 valence electrons. The van der Waals surface area contributed by atoms with Crippen LogP contribution in [0.15, 0.2) is 23.1 Å². The average Bonchev–Trinajstić information content (AvgIpc) is 2.45. The standard InChI is InChI=1S/C11H14N2O4S/c1-17-8-6-12-7-4-3-5-9(18(2,15)16)10(7)13-11(8)14/h3-5,8,12H,6H2,1-2H3,(H,13,14). The number of carbonyl (C=O) groups is 1. The molecule has 0 radical (unpaired) electrons. The number of methoxy groups -OCH3 is 1. The molecule has 0 saturated carbocycles. The van der Waals surface area contributed by atoms with E-state index in [0.717, 1.165) is 6.26 Å². The number of para-hydroxylation sites is 1. The Balaban J connectivity index is 2.52. The Morgan fingerprint density at radius 2 is 2.11 bits per heavy atom. The highest BCUT2D eigenvalue weighted by Crippen LogP contribution is 2.31. The van der Waals surface area contributed by atoms with Gasteiger partial charge in [-0.3, -0.25) is 4.79 Å². The molecule has 0 aliphatic carbocycles. The van der Waals surface area contributed by atoms with Crippen LogP contribution < -0.4 is 10.6 Å². The number of rotatable bonds is 2. The number of hydrogen-bond acceptors (Lipinski definition) is 5. The van der Waals surface area contributed by atoms with Gasteiger partial charge in [-0.1, -0.05) is 6.07 Å². The molecular formula is C11H14N2O4S. The molecule has 1 aliphatic heterocycles. The monoisotopic (exact) mass is 270 g/mol. The fourth-order valence-electron chi connectivity index (χ4n) is 1.81. The number of fused-ring (bicyclic) bond motifs is 1. The molecule has 1 aromatic carbocycles. The predicted molar refractivity (Wildman–Crippen MR) is 67.5 cm³/mol. The SMILES string of the molecule is COC1CNc2cccc(S(C)(=O)=O)c2NC1=O. The van der Waals surface area contributed by atoms with Gasteiger partial charge in [-0.2, -0.15) is 0 Å². The number of hydrogen-bond donors (Lipinski definition) is 2. The summed E-state index contributed by atoms with van der Waals surface area (Å²) in [5.41, 5.74) is 0.857. The van der Waals surface area contributed by atoms with E-state index in [1.54, 1.807) is 12.1 Å². The van der Waals surface area contributed by atoms with Crippen molar-refractivity contribution in [2.45, 2.75) is 11.0 Å². The summed E-state index contributed by atoms with van der Waals surface area (Å²) < 4.78 is 28.3. The van der Waals surface area contributed by atoms with Gasteiger partial charge >= 0.3 is 0 Å². The summed E-state index contributed by atoms with van der Waals surface area (Å²) >= 11 is 0. The molecule has 18 heavy (non-hydrogen) atoms. The third-order valence-electron chi connectivity index (χ3n) is 2.73. The number of sulfone groups is 1. The van der Waals surface area contributed by atoms with Crippen molar-refractivity contribution < 1.29 is 17.9 Å². The van der Waals surface area contributed by atoms with Crippen molar-refractivity contribution >= 4 is 27.1 Å². The van der Waals surface area contributed by atoms with Crippen molar-refractivity contribution in [1.82, 2.24) is 0 Å². The fourth-order valence-corrected chi connectivity index (χ4v) is 2.66. The van der Waals surface area contributed by atoms with Gasteiger partial charge in [-0.25, -0.2) is 8.42 Å². The van der Waals surface area contributed by atoms with Gasteiger partial charge in [-0.05, 0) is 12.1 Å². The van der Waals surface area contributed by atoms with Gasteiger partial charge in [0.05, 0.1) is 22.8 Å². The second-order valence-corrected chi connectivity index (χ2v) is 6.03. The molecular weight excluding hydrogens is 256 g/mol. The van der Waals surface area contributed by atoms with Crippen LogP contribution in [0.25, 0.3) is 0 Å². The lowest BCUT2D eigenvalue weighted by molar-refractivity contribution is -0.124. The first-order valence-corrected chi connectivity index (χ1v) is 7.23. The Bertz CT molecular complexity index is 583. The zero-order valence-electron chi connectivity index (χ0n) is 10.1. The highest BCUT2D eigenvalue weighted by Gasteiger charge is 2.26. The maximum absolute atomic E-state index is 11.8. The zero-order valence-corrected chi connectivity index (χ0v) is 10.9. The Morgan fingerprint density at radius 3 is 2.72 bits per heavy atom. The normalized spacial score (nSPS) is 19.4.